The van der Waals surface area contributed by atoms with Crippen LogP contribution in [0.5, 0.6) is 0 Å². The number of imide groups is 1. The molecule has 3 heterocycles. The molecule has 2 N–H and O–H groups in total. The maximum atomic E-state index is 12.6. The number of nitrogens with one attached hydrogen (secondary N) is 2. The van der Waals surface area contributed by atoms with Gasteiger partial charge in [-0.2, -0.15) is 11.3 Å². The van der Waals surface area contributed by atoms with Crippen LogP contribution in [0.4, 0.5) is 4.79 Å². The predicted octanol–water partition coefficient (Wildman–Crippen LogP) is 0.810. The molecule has 0 bridgehead atoms. The first-order valence-corrected chi connectivity index (χ1v) is 8.50. The molecule has 1 aromatic heterocycles. The van der Waals surface area contributed by atoms with Gasteiger partial charge in [-0.1, -0.05) is 0 Å². The standard InChI is InChI=1S/C15H19N3O4S/c1-15(10-4-6-23-9-10)13(20)18(14(21)17-15)8-12(19)16-7-11-3-2-5-22-11/h4,6,9,11H,2-3,5,7-8H2,1H3,(H,16,19)(H,17,21). The van der Waals surface area contributed by atoms with Gasteiger partial charge in [0, 0.05) is 13.2 Å². The molecule has 2 fully saturated rings. The van der Waals surface area contributed by atoms with Gasteiger partial charge >= 0.3 is 6.03 Å². The molecule has 23 heavy (non-hydrogen) atoms. The minimum atomic E-state index is -1.11. The third-order valence-corrected chi connectivity index (χ3v) is 4.91. The first kappa shape index (κ1) is 15.9. The lowest BCUT2D eigenvalue weighted by Gasteiger charge is -2.20. The van der Waals surface area contributed by atoms with Gasteiger partial charge < -0.3 is 15.4 Å². The minimum Gasteiger partial charge on any atom is -0.376 e. The van der Waals surface area contributed by atoms with E-state index in [2.05, 4.69) is 10.6 Å². The van der Waals surface area contributed by atoms with Crippen molar-refractivity contribution in [2.24, 2.45) is 0 Å². The van der Waals surface area contributed by atoms with E-state index in [1.54, 1.807) is 13.0 Å². The van der Waals surface area contributed by atoms with E-state index in [0.29, 0.717) is 13.2 Å². The largest absolute Gasteiger partial charge is 0.376 e. The molecule has 8 heteroatoms. The average Bonchev–Trinajstić information content (AvgIpc) is 3.25. The molecule has 0 saturated carbocycles. The zero-order chi connectivity index (χ0) is 16.4. The highest BCUT2D eigenvalue weighted by Gasteiger charge is 2.49. The Bertz CT molecular complexity index is 612. The van der Waals surface area contributed by atoms with E-state index in [9.17, 15) is 14.4 Å². The molecule has 2 atom stereocenters. The van der Waals surface area contributed by atoms with Crippen molar-refractivity contribution in [3.8, 4) is 0 Å². The molecule has 3 rings (SSSR count). The Kier molecular flexibility index (Phi) is 4.36. The van der Waals surface area contributed by atoms with Crippen LogP contribution in [-0.4, -0.2) is 48.5 Å². The van der Waals surface area contributed by atoms with Crippen molar-refractivity contribution >= 4 is 29.2 Å². The molecule has 2 aliphatic heterocycles. The van der Waals surface area contributed by atoms with E-state index in [-0.39, 0.29) is 18.6 Å². The molecule has 2 unspecified atom stereocenters. The summed E-state index contributed by atoms with van der Waals surface area (Å²) in [5, 5.41) is 9.06. The zero-order valence-electron chi connectivity index (χ0n) is 12.8. The van der Waals surface area contributed by atoms with Crippen molar-refractivity contribution in [2.75, 3.05) is 19.7 Å². The van der Waals surface area contributed by atoms with E-state index < -0.39 is 17.5 Å². The number of urea groups is 1. The van der Waals surface area contributed by atoms with E-state index in [1.807, 2.05) is 10.8 Å². The van der Waals surface area contributed by atoms with E-state index in [4.69, 9.17) is 4.74 Å². The molecule has 2 saturated heterocycles. The highest BCUT2D eigenvalue weighted by molar-refractivity contribution is 7.08. The van der Waals surface area contributed by atoms with Crippen LogP contribution >= 0.6 is 11.3 Å². The van der Waals surface area contributed by atoms with Crippen LogP contribution in [0, 0.1) is 0 Å². The summed E-state index contributed by atoms with van der Waals surface area (Å²) >= 11 is 1.45. The lowest BCUT2D eigenvalue weighted by Crippen LogP contribution is -2.44. The number of nitrogens with zero attached hydrogens (tertiary/aromatic N) is 1. The molecular formula is C15H19N3O4S. The van der Waals surface area contributed by atoms with Gasteiger partial charge in [-0.25, -0.2) is 4.79 Å². The Labute approximate surface area is 138 Å². The third-order valence-electron chi connectivity index (χ3n) is 4.23. The van der Waals surface area contributed by atoms with Crippen molar-refractivity contribution < 1.29 is 19.1 Å². The quantitative estimate of drug-likeness (QED) is 0.779. The second kappa shape index (κ2) is 6.29. The van der Waals surface area contributed by atoms with Gasteiger partial charge in [0.2, 0.25) is 5.91 Å². The van der Waals surface area contributed by atoms with Crippen LogP contribution in [0.25, 0.3) is 0 Å². The first-order chi connectivity index (χ1) is 11.0. The smallest absolute Gasteiger partial charge is 0.325 e. The van der Waals surface area contributed by atoms with Crippen LogP contribution in [0.1, 0.15) is 25.3 Å². The molecule has 7 nitrogen and oxygen atoms in total. The fourth-order valence-electron chi connectivity index (χ4n) is 2.82. The van der Waals surface area contributed by atoms with Gasteiger partial charge in [-0.05, 0) is 42.2 Å². The number of ether oxygens (including phenoxy) is 1. The summed E-state index contributed by atoms with van der Waals surface area (Å²) < 4.78 is 5.42. The summed E-state index contributed by atoms with van der Waals surface area (Å²) in [6.07, 6.45) is 1.93. The Morgan fingerprint density at radius 3 is 3.04 bits per heavy atom. The Morgan fingerprint density at radius 2 is 2.39 bits per heavy atom. The monoisotopic (exact) mass is 337 g/mol. The number of thiophene rings is 1. The summed E-state index contributed by atoms with van der Waals surface area (Å²) in [5.41, 5.74) is -0.380. The summed E-state index contributed by atoms with van der Waals surface area (Å²) in [4.78, 5) is 37.6. The summed E-state index contributed by atoms with van der Waals surface area (Å²) in [7, 11) is 0. The number of hydrogen-bond donors (Lipinski definition) is 2. The average molecular weight is 337 g/mol. The highest BCUT2D eigenvalue weighted by Crippen LogP contribution is 2.29. The van der Waals surface area contributed by atoms with E-state index in [1.165, 1.54) is 11.3 Å². The number of carbonyl (C=O) groups excluding carboxylic acids is 3. The normalized spacial score (nSPS) is 27.3. The van der Waals surface area contributed by atoms with Crippen LogP contribution in [0.15, 0.2) is 16.8 Å². The lowest BCUT2D eigenvalue weighted by molar-refractivity contribution is -0.134. The van der Waals surface area contributed by atoms with Crippen LogP contribution < -0.4 is 10.6 Å². The van der Waals surface area contributed by atoms with Gasteiger partial charge in [-0.15, -0.1) is 0 Å². The van der Waals surface area contributed by atoms with Crippen LogP contribution in [0.2, 0.25) is 0 Å². The summed E-state index contributed by atoms with van der Waals surface area (Å²) in [6, 6.07) is 1.25. The maximum Gasteiger partial charge on any atom is 0.325 e. The highest BCUT2D eigenvalue weighted by atomic mass is 32.1. The van der Waals surface area contributed by atoms with Crippen molar-refractivity contribution in [3.63, 3.8) is 0 Å². The second-order valence-electron chi connectivity index (χ2n) is 5.90. The van der Waals surface area contributed by atoms with E-state index >= 15 is 0 Å². The van der Waals surface area contributed by atoms with Crippen molar-refractivity contribution in [3.05, 3.63) is 22.4 Å². The first-order valence-electron chi connectivity index (χ1n) is 7.56. The molecule has 0 spiro atoms. The summed E-state index contributed by atoms with van der Waals surface area (Å²) in [5.74, 6) is -0.772. The fraction of sp³-hybridized carbons (Fsp3) is 0.533. The topological polar surface area (TPSA) is 87.7 Å². The molecule has 4 amide bonds. The van der Waals surface area contributed by atoms with Gasteiger partial charge in [0.05, 0.1) is 6.10 Å². The van der Waals surface area contributed by atoms with E-state index in [0.717, 1.165) is 23.3 Å². The molecule has 0 aromatic carbocycles. The number of amides is 4. The zero-order valence-corrected chi connectivity index (χ0v) is 13.6. The molecule has 0 radical (unpaired) electrons. The molecule has 1 aromatic rings. The Hall–Kier alpha value is -1.93. The second-order valence-corrected chi connectivity index (χ2v) is 6.68. The Morgan fingerprint density at radius 1 is 1.57 bits per heavy atom. The van der Waals surface area contributed by atoms with Gasteiger partial charge in [0.25, 0.3) is 5.91 Å². The molecule has 124 valence electrons. The maximum absolute atomic E-state index is 12.6. The van der Waals surface area contributed by atoms with Gasteiger partial charge in [0.1, 0.15) is 12.1 Å². The van der Waals surface area contributed by atoms with Gasteiger partial charge in [-0.3, -0.25) is 14.5 Å². The lowest BCUT2D eigenvalue weighted by atomic mass is 9.95. The number of rotatable bonds is 5. The molecule has 0 aliphatic carbocycles. The minimum absolute atomic E-state index is 0.0260. The summed E-state index contributed by atoms with van der Waals surface area (Å²) in [6.45, 7) is 2.49. The molecule has 2 aliphatic rings. The van der Waals surface area contributed by atoms with Crippen molar-refractivity contribution in [1.29, 1.82) is 0 Å². The fourth-order valence-corrected chi connectivity index (χ4v) is 3.58. The number of carbonyl (C=O) groups is 3. The Balaban J connectivity index is 1.60. The SMILES string of the molecule is CC1(c2ccsc2)NC(=O)N(CC(=O)NCC2CCCO2)C1=O. The van der Waals surface area contributed by atoms with Crippen LogP contribution in [-0.2, 0) is 19.9 Å². The molecular weight excluding hydrogens is 318 g/mol. The van der Waals surface area contributed by atoms with Crippen molar-refractivity contribution in [2.45, 2.75) is 31.4 Å². The van der Waals surface area contributed by atoms with Gasteiger partial charge in [0.15, 0.2) is 0 Å². The predicted molar refractivity (Wildman–Crippen MR) is 83.9 cm³/mol. The number of hydrogen-bond acceptors (Lipinski definition) is 5. The van der Waals surface area contributed by atoms with Crippen molar-refractivity contribution in [1.82, 2.24) is 15.5 Å². The van der Waals surface area contributed by atoms with Crippen LogP contribution in [0.3, 0.4) is 0 Å². The third kappa shape index (κ3) is 3.09.